The lowest BCUT2D eigenvalue weighted by molar-refractivity contribution is 0.275. The number of rotatable bonds is 2. The van der Waals surface area contributed by atoms with E-state index in [0.717, 1.165) is 12.1 Å². The number of piperidine rings is 1. The minimum absolute atomic E-state index is 0.0385. The average Bonchev–Trinajstić information content (AvgIpc) is 3.14. The predicted octanol–water partition coefficient (Wildman–Crippen LogP) is 3.14. The van der Waals surface area contributed by atoms with E-state index >= 15 is 0 Å². The molecule has 2 aliphatic heterocycles. The monoisotopic (exact) mass is 376 g/mol. The van der Waals surface area contributed by atoms with Crippen LogP contribution in [-0.4, -0.2) is 22.6 Å². The number of pyridine rings is 1. The van der Waals surface area contributed by atoms with Crippen molar-refractivity contribution in [1.29, 1.82) is 5.26 Å². The summed E-state index contributed by atoms with van der Waals surface area (Å²) in [4.78, 5) is 18.5. The third-order valence-electron chi connectivity index (χ3n) is 5.57. The van der Waals surface area contributed by atoms with Gasteiger partial charge in [0.05, 0.1) is 0 Å². The smallest absolute Gasteiger partial charge is 0.250 e. The van der Waals surface area contributed by atoms with Crippen LogP contribution in [0.3, 0.4) is 0 Å². The molecular weight excluding hydrogens is 359 g/mol. The molecule has 2 atom stereocenters. The molecule has 2 aliphatic rings. The maximum atomic E-state index is 13.2. The van der Waals surface area contributed by atoms with Crippen LogP contribution in [0.1, 0.15) is 23.7 Å². The Morgan fingerprint density at radius 1 is 1.14 bits per heavy atom. The first-order chi connectivity index (χ1) is 13.6. The van der Waals surface area contributed by atoms with E-state index in [2.05, 4.69) is 16.0 Å². The molecule has 5 rings (SSSR count). The van der Waals surface area contributed by atoms with Crippen molar-refractivity contribution in [2.24, 2.45) is 5.92 Å². The first kappa shape index (κ1) is 16.8. The molecule has 4 heterocycles. The van der Waals surface area contributed by atoms with Crippen molar-refractivity contribution in [3.8, 4) is 17.5 Å². The molecule has 0 amide bonds. The van der Waals surface area contributed by atoms with Crippen LogP contribution in [-0.2, 0) is 6.54 Å². The number of hydrogen-bond donors (Lipinski definition) is 0. The SMILES string of the molecule is N#Cc1nc(-c2ccc(F)cc2)oc1N1C[C@@H]2C[C@@H](C1)c1cccc(=O)n1C2. The molecule has 6 nitrogen and oxygen atoms in total. The normalized spacial score (nSPS) is 20.5. The molecular formula is C21H17FN4O2. The van der Waals surface area contributed by atoms with E-state index in [0.29, 0.717) is 42.9 Å². The van der Waals surface area contributed by atoms with Crippen LogP contribution in [0.4, 0.5) is 10.3 Å². The van der Waals surface area contributed by atoms with Crippen molar-refractivity contribution in [2.45, 2.75) is 18.9 Å². The number of halogens is 1. The number of hydrogen-bond acceptors (Lipinski definition) is 5. The molecule has 3 aromatic rings. The molecule has 0 unspecified atom stereocenters. The van der Waals surface area contributed by atoms with E-state index < -0.39 is 0 Å². The Morgan fingerprint density at radius 2 is 1.96 bits per heavy atom. The number of nitrogens with zero attached hydrogens (tertiary/aromatic N) is 4. The largest absolute Gasteiger partial charge is 0.419 e. The van der Waals surface area contributed by atoms with Crippen molar-refractivity contribution in [2.75, 3.05) is 18.0 Å². The zero-order valence-electron chi connectivity index (χ0n) is 15.0. The van der Waals surface area contributed by atoms with Gasteiger partial charge in [-0.2, -0.15) is 10.2 Å². The highest BCUT2D eigenvalue weighted by atomic mass is 19.1. The van der Waals surface area contributed by atoms with Crippen LogP contribution < -0.4 is 10.5 Å². The molecule has 0 N–H and O–H groups in total. The van der Waals surface area contributed by atoms with Gasteiger partial charge in [-0.3, -0.25) is 4.79 Å². The summed E-state index contributed by atoms with van der Waals surface area (Å²) in [6.45, 7) is 2.03. The van der Waals surface area contributed by atoms with Crippen LogP contribution in [0.15, 0.2) is 51.7 Å². The fourth-order valence-corrected chi connectivity index (χ4v) is 4.38. The molecule has 1 saturated heterocycles. The van der Waals surface area contributed by atoms with Gasteiger partial charge in [-0.05, 0) is 42.7 Å². The standard InChI is InChI=1S/C21H17FN4O2/c22-16-6-4-14(5-7-16)20-24-17(9-23)21(28-20)25-10-13-8-15(12-25)18-2-1-3-19(27)26(18)11-13/h1-7,13,15H,8,10-12H2/t13-,15-/m0/s1. The van der Waals surface area contributed by atoms with Crippen molar-refractivity contribution in [3.63, 3.8) is 0 Å². The third-order valence-corrected chi connectivity index (χ3v) is 5.57. The topological polar surface area (TPSA) is 75.1 Å². The molecule has 28 heavy (non-hydrogen) atoms. The molecule has 0 aliphatic carbocycles. The summed E-state index contributed by atoms with van der Waals surface area (Å²) >= 11 is 0. The second kappa shape index (κ2) is 6.34. The number of aromatic nitrogens is 2. The first-order valence-electron chi connectivity index (χ1n) is 9.24. The molecule has 0 saturated carbocycles. The van der Waals surface area contributed by atoms with Gasteiger partial charge in [0.1, 0.15) is 11.9 Å². The Morgan fingerprint density at radius 3 is 2.75 bits per heavy atom. The van der Waals surface area contributed by atoms with E-state index in [-0.39, 0.29) is 23.0 Å². The highest BCUT2D eigenvalue weighted by Gasteiger charge is 2.36. The lowest BCUT2D eigenvalue weighted by Crippen LogP contribution is -2.47. The second-order valence-electron chi connectivity index (χ2n) is 7.39. The zero-order valence-corrected chi connectivity index (χ0v) is 15.0. The molecule has 0 radical (unpaired) electrons. The van der Waals surface area contributed by atoms with Gasteiger partial charge in [0.15, 0.2) is 0 Å². The van der Waals surface area contributed by atoms with Gasteiger partial charge in [0.25, 0.3) is 5.56 Å². The maximum absolute atomic E-state index is 13.2. The summed E-state index contributed by atoms with van der Waals surface area (Å²) in [5, 5.41) is 9.55. The van der Waals surface area contributed by atoms with Crippen LogP contribution >= 0.6 is 0 Å². The van der Waals surface area contributed by atoms with Crippen molar-refractivity contribution >= 4 is 5.88 Å². The predicted molar refractivity (Wildman–Crippen MR) is 100 cm³/mol. The Kier molecular flexibility index (Phi) is 3.79. The lowest BCUT2D eigenvalue weighted by Gasteiger charge is -2.42. The maximum Gasteiger partial charge on any atom is 0.250 e. The number of oxazole rings is 1. The van der Waals surface area contributed by atoms with Gasteiger partial charge in [-0.25, -0.2) is 4.39 Å². The summed E-state index contributed by atoms with van der Waals surface area (Å²) in [7, 11) is 0. The van der Waals surface area contributed by atoms with Gasteiger partial charge in [0, 0.05) is 42.9 Å². The van der Waals surface area contributed by atoms with Gasteiger partial charge < -0.3 is 13.9 Å². The number of anilines is 1. The molecule has 2 aromatic heterocycles. The molecule has 140 valence electrons. The Labute approximate surface area is 160 Å². The van der Waals surface area contributed by atoms with E-state index in [9.17, 15) is 14.4 Å². The minimum atomic E-state index is -0.339. The van der Waals surface area contributed by atoms with Crippen LogP contribution in [0.25, 0.3) is 11.5 Å². The van der Waals surface area contributed by atoms with Gasteiger partial charge in [-0.1, -0.05) is 6.07 Å². The average molecular weight is 376 g/mol. The Hall–Kier alpha value is -3.40. The Bertz CT molecular complexity index is 1140. The summed E-state index contributed by atoms with van der Waals surface area (Å²) in [6.07, 6.45) is 1.01. The highest BCUT2D eigenvalue weighted by molar-refractivity contribution is 5.59. The molecule has 7 heteroatoms. The van der Waals surface area contributed by atoms with Crippen molar-refractivity contribution in [1.82, 2.24) is 9.55 Å². The number of benzene rings is 1. The quantitative estimate of drug-likeness (QED) is 0.687. The van der Waals surface area contributed by atoms with Gasteiger partial charge in [-0.15, -0.1) is 0 Å². The zero-order chi connectivity index (χ0) is 19.3. The van der Waals surface area contributed by atoms with Crippen molar-refractivity contribution in [3.05, 3.63) is 70.0 Å². The van der Waals surface area contributed by atoms with E-state index in [1.165, 1.54) is 12.1 Å². The molecule has 0 spiro atoms. The molecule has 1 aromatic carbocycles. The van der Waals surface area contributed by atoms with Crippen molar-refractivity contribution < 1.29 is 8.81 Å². The second-order valence-corrected chi connectivity index (χ2v) is 7.39. The summed E-state index contributed by atoms with van der Waals surface area (Å²) in [5.41, 5.74) is 1.92. The molecule has 2 bridgehead atoms. The summed E-state index contributed by atoms with van der Waals surface area (Å²) < 4.78 is 21.0. The fourth-order valence-electron chi connectivity index (χ4n) is 4.38. The first-order valence-corrected chi connectivity index (χ1v) is 9.24. The van der Waals surface area contributed by atoms with Crippen LogP contribution in [0.5, 0.6) is 0 Å². The summed E-state index contributed by atoms with van der Waals surface area (Å²) in [6, 6.07) is 13.4. The van der Waals surface area contributed by atoms with E-state index in [1.54, 1.807) is 24.3 Å². The summed E-state index contributed by atoms with van der Waals surface area (Å²) in [5.74, 6) is 0.917. The lowest BCUT2D eigenvalue weighted by atomic mass is 9.83. The van der Waals surface area contributed by atoms with E-state index in [4.69, 9.17) is 4.42 Å². The fraction of sp³-hybridized carbons (Fsp3) is 0.286. The van der Waals surface area contributed by atoms with Gasteiger partial charge >= 0.3 is 0 Å². The third kappa shape index (κ3) is 2.69. The van der Waals surface area contributed by atoms with Crippen LogP contribution in [0, 0.1) is 23.1 Å². The van der Waals surface area contributed by atoms with Gasteiger partial charge in [0.2, 0.25) is 17.5 Å². The molecule has 1 fully saturated rings. The highest BCUT2D eigenvalue weighted by Crippen LogP contribution is 2.38. The number of fused-ring (bicyclic) bond motifs is 4. The Balaban J connectivity index is 1.50. The minimum Gasteiger partial charge on any atom is -0.419 e. The number of nitriles is 1. The van der Waals surface area contributed by atoms with E-state index in [1.807, 2.05) is 10.6 Å². The van der Waals surface area contributed by atoms with Crippen LogP contribution in [0.2, 0.25) is 0 Å².